The number of ether oxygens (including phenoxy) is 1. The van der Waals surface area contributed by atoms with Gasteiger partial charge in [-0.3, -0.25) is 4.79 Å². The Kier molecular flexibility index (Phi) is 3.22. The van der Waals surface area contributed by atoms with Gasteiger partial charge in [0.05, 0.1) is 13.2 Å². The van der Waals surface area contributed by atoms with Crippen molar-refractivity contribution in [3.05, 3.63) is 71.8 Å². The Hall–Kier alpha value is -2.55. The largest absolute Gasteiger partial charge is 0.497 e. The smallest absolute Gasteiger partial charge is 0.251 e. The maximum Gasteiger partial charge on any atom is 0.251 e. The zero-order valence-corrected chi connectivity index (χ0v) is 13.3. The molecule has 3 heteroatoms. The summed E-state index contributed by atoms with van der Waals surface area (Å²) in [5, 5.41) is 0. The maximum absolute atomic E-state index is 12.3. The number of para-hydroxylation sites is 1. The van der Waals surface area contributed by atoms with Crippen LogP contribution in [-0.2, 0) is 4.79 Å². The number of hydrogen-bond acceptors (Lipinski definition) is 2. The molecule has 0 unspecified atom stereocenters. The number of rotatable bonds is 2. The predicted molar refractivity (Wildman–Crippen MR) is 90.9 cm³/mol. The van der Waals surface area contributed by atoms with Gasteiger partial charge in [-0.15, -0.1) is 0 Å². The highest BCUT2D eigenvalue weighted by Crippen LogP contribution is 2.47. The highest BCUT2D eigenvalue weighted by molar-refractivity contribution is 6.06. The van der Waals surface area contributed by atoms with Crippen molar-refractivity contribution in [1.82, 2.24) is 0 Å². The number of fused-ring (bicyclic) bond motifs is 3. The van der Waals surface area contributed by atoms with Gasteiger partial charge < -0.3 is 9.64 Å². The van der Waals surface area contributed by atoms with E-state index in [1.165, 1.54) is 11.1 Å². The Labute approximate surface area is 136 Å². The molecule has 0 saturated carbocycles. The summed E-state index contributed by atoms with van der Waals surface area (Å²) in [4.78, 5) is 14.2. The molecule has 0 spiro atoms. The van der Waals surface area contributed by atoms with Crippen LogP contribution in [0.2, 0.25) is 0 Å². The number of methoxy groups -OCH3 is 1. The maximum atomic E-state index is 12.3. The molecule has 0 aliphatic carbocycles. The van der Waals surface area contributed by atoms with Gasteiger partial charge in [0.15, 0.2) is 0 Å². The number of anilines is 1. The van der Waals surface area contributed by atoms with Crippen LogP contribution in [0.1, 0.15) is 24.0 Å². The molecule has 2 aromatic rings. The van der Waals surface area contributed by atoms with Crippen LogP contribution >= 0.6 is 0 Å². The molecule has 2 heterocycles. The van der Waals surface area contributed by atoms with Gasteiger partial charge in [-0.05, 0) is 35.2 Å². The van der Waals surface area contributed by atoms with E-state index in [4.69, 9.17) is 4.74 Å². The third-order valence-corrected chi connectivity index (χ3v) is 5.04. The van der Waals surface area contributed by atoms with E-state index in [1.54, 1.807) is 13.2 Å². The Balaban J connectivity index is 1.85. The molecular formula is C20H19NO2. The summed E-state index contributed by atoms with van der Waals surface area (Å²) in [6.45, 7) is 2.23. The van der Waals surface area contributed by atoms with Crippen molar-refractivity contribution >= 4 is 11.6 Å². The second kappa shape index (κ2) is 5.27. The first-order valence-corrected chi connectivity index (χ1v) is 7.95. The van der Waals surface area contributed by atoms with E-state index in [0.717, 1.165) is 11.4 Å². The Morgan fingerprint density at radius 3 is 2.52 bits per heavy atom. The van der Waals surface area contributed by atoms with Gasteiger partial charge >= 0.3 is 0 Å². The van der Waals surface area contributed by atoms with Crippen LogP contribution in [0.5, 0.6) is 5.75 Å². The molecule has 4 rings (SSSR count). The minimum absolute atomic E-state index is 0.0856. The number of carbonyl (C=O) groups excluding carboxylic acids is 1. The highest BCUT2D eigenvalue weighted by atomic mass is 16.5. The molecule has 2 aromatic carbocycles. The molecule has 23 heavy (non-hydrogen) atoms. The zero-order chi connectivity index (χ0) is 16.0. The van der Waals surface area contributed by atoms with Crippen LogP contribution in [0.4, 0.5) is 5.69 Å². The first kappa shape index (κ1) is 14.1. The first-order valence-electron chi connectivity index (χ1n) is 7.95. The van der Waals surface area contributed by atoms with Crippen molar-refractivity contribution in [2.45, 2.75) is 18.9 Å². The lowest BCUT2D eigenvalue weighted by atomic mass is 9.74. The van der Waals surface area contributed by atoms with E-state index in [9.17, 15) is 4.79 Å². The van der Waals surface area contributed by atoms with Gasteiger partial charge in [-0.25, -0.2) is 0 Å². The Morgan fingerprint density at radius 2 is 1.78 bits per heavy atom. The molecular weight excluding hydrogens is 286 g/mol. The van der Waals surface area contributed by atoms with Gasteiger partial charge in [0.1, 0.15) is 5.75 Å². The molecule has 0 aromatic heterocycles. The van der Waals surface area contributed by atoms with Crippen molar-refractivity contribution in [2.24, 2.45) is 5.92 Å². The average Bonchev–Trinajstić information content (AvgIpc) is 2.98. The van der Waals surface area contributed by atoms with E-state index in [-0.39, 0.29) is 17.9 Å². The van der Waals surface area contributed by atoms with E-state index in [1.807, 2.05) is 29.2 Å². The van der Waals surface area contributed by atoms with E-state index < -0.39 is 0 Å². The summed E-state index contributed by atoms with van der Waals surface area (Å²) >= 11 is 0. The number of benzene rings is 2. The molecule has 3 nitrogen and oxygen atoms in total. The van der Waals surface area contributed by atoms with Crippen molar-refractivity contribution in [2.75, 3.05) is 12.0 Å². The van der Waals surface area contributed by atoms with E-state index >= 15 is 0 Å². The number of amides is 1. The molecule has 116 valence electrons. The Bertz CT molecular complexity index is 778. The van der Waals surface area contributed by atoms with Crippen LogP contribution in [0, 0.1) is 5.92 Å². The fourth-order valence-electron chi connectivity index (χ4n) is 3.93. The quantitative estimate of drug-likeness (QED) is 0.845. The lowest BCUT2D eigenvalue weighted by molar-refractivity contribution is -0.114. The molecule has 0 fully saturated rings. The summed E-state index contributed by atoms with van der Waals surface area (Å²) in [7, 11) is 1.68. The summed E-state index contributed by atoms with van der Waals surface area (Å²) < 4.78 is 5.27. The second-order valence-electron chi connectivity index (χ2n) is 6.23. The van der Waals surface area contributed by atoms with Gasteiger partial charge in [0.2, 0.25) is 0 Å². The van der Waals surface area contributed by atoms with E-state index in [0.29, 0.717) is 5.92 Å². The van der Waals surface area contributed by atoms with Crippen molar-refractivity contribution in [3.8, 4) is 5.75 Å². The van der Waals surface area contributed by atoms with Crippen LogP contribution in [0.25, 0.3) is 0 Å². The lowest BCUT2D eigenvalue weighted by Gasteiger charge is -2.42. The van der Waals surface area contributed by atoms with Crippen LogP contribution in [0.3, 0.4) is 0 Å². The van der Waals surface area contributed by atoms with Crippen LogP contribution in [-0.4, -0.2) is 19.1 Å². The summed E-state index contributed by atoms with van der Waals surface area (Å²) in [6.07, 6.45) is 3.74. The molecule has 2 aliphatic heterocycles. The number of nitrogens with zero attached hydrogens (tertiary/aromatic N) is 1. The van der Waals surface area contributed by atoms with E-state index in [2.05, 4.69) is 37.3 Å². The van der Waals surface area contributed by atoms with Crippen LogP contribution in [0.15, 0.2) is 60.7 Å². The van der Waals surface area contributed by atoms with Crippen molar-refractivity contribution < 1.29 is 9.53 Å². The van der Waals surface area contributed by atoms with Gasteiger partial charge in [0.25, 0.3) is 5.91 Å². The highest BCUT2D eigenvalue weighted by Gasteiger charge is 2.42. The summed E-state index contributed by atoms with van der Waals surface area (Å²) in [5.41, 5.74) is 3.52. The van der Waals surface area contributed by atoms with Crippen LogP contribution < -0.4 is 9.64 Å². The fraction of sp³-hybridized carbons (Fsp3) is 0.250. The topological polar surface area (TPSA) is 29.5 Å². The van der Waals surface area contributed by atoms with Crippen molar-refractivity contribution in [1.29, 1.82) is 0 Å². The van der Waals surface area contributed by atoms with Gasteiger partial charge in [0, 0.05) is 17.7 Å². The molecule has 0 radical (unpaired) electrons. The van der Waals surface area contributed by atoms with Gasteiger partial charge in [-0.2, -0.15) is 0 Å². The molecule has 0 N–H and O–H groups in total. The normalized spacial score (nSPS) is 25.2. The summed E-state index contributed by atoms with van der Waals surface area (Å²) in [6, 6.07) is 16.7. The Morgan fingerprint density at radius 1 is 1.04 bits per heavy atom. The molecule has 0 bridgehead atoms. The fourth-order valence-corrected chi connectivity index (χ4v) is 3.93. The summed E-state index contributed by atoms with van der Waals surface area (Å²) in [5.74, 6) is 1.54. The minimum atomic E-state index is 0.0856. The predicted octanol–water partition coefficient (Wildman–Crippen LogP) is 3.75. The minimum Gasteiger partial charge on any atom is -0.497 e. The number of hydrogen-bond donors (Lipinski definition) is 0. The number of carbonyl (C=O) groups is 1. The third-order valence-electron chi connectivity index (χ3n) is 5.04. The van der Waals surface area contributed by atoms with Crippen molar-refractivity contribution in [3.63, 3.8) is 0 Å². The third kappa shape index (κ3) is 2.07. The standard InChI is InChI=1S/C20H19NO2/c1-13-17-11-12-19(22)21(17)18-6-4-3-5-16(18)20(13)14-7-9-15(23-2)10-8-14/h3-13,17,20H,1-2H3/t13-,17-,20-/m1/s1. The molecule has 3 atom stereocenters. The molecule has 0 saturated heterocycles. The average molecular weight is 305 g/mol. The SMILES string of the molecule is COc1ccc([C@@H]2c3ccccc3N3C(=O)C=C[C@@H]3[C@H]2C)cc1. The first-order chi connectivity index (χ1) is 11.2. The molecule has 1 amide bonds. The monoisotopic (exact) mass is 305 g/mol. The molecule has 2 aliphatic rings. The lowest BCUT2D eigenvalue weighted by Crippen LogP contribution is -2.44. The second-order valence-corrected chi connectivity index (χ2v) is 6.23. The van der Waals surface area contributed by atoms with Gasteiger partial charge in [-0.1, -0.05) is 43.3 Å². The zero-order valence-electron chi connectivity index (χ0n) is 13.3.